The average molecular weight is 685 g/mol. The smallest absolute Gasteiger partial charge is 0.328 e. The van der Waals surface area contributed by atoms with Gasteiger partial charge in [0.15, 0.2) is 5.78 Å². The molecule has 6 N–H and O–H groups in total. The van der Waals surface area contributed by atoms with Crippen LogP contribution in [0.4, 0.5) is 11.4 Å². The van der Waals surface area contributed by atoms with E-state index in [1.165, 1.54) is 45.1 Å². The number of esters is 1. The molecule has 11 heteroatoms. The van der Waals surface area contributed by atoms with E-state index in [0.29, 0.717) is 24.1 Å². The lowest BCUT2D eigenvalue weighted by molar-refractivity contribution is -0.149. The molecule has 3 atom stereocenters. The van der Waals surface area contributed by atoms with Crippen molar-refractivity contribution in [3.05, 3.63) is 59.7 Å². The van der Waals surface area contributed by atoms with Gasteiger partial charge in [-0.3, -0.25) is 19.2 Å². The van der Waals surface area contributed by atoms with Gasteiger partial charge in [0, 0.05) is 43.0 Å². The molecule has 0 aliphatic heterocycles. The molecule has 0 spiro atoms. The van der Waals surface area contributed by atoms with E-state index in [1.54, 1.807) is 49.4 Å². The zero-order valence-electron chi connectivity index (χ0n) is 30.6. The first-order chi connectivity index (χ1) is 23.5. The van der Waals surface area contributed by atoms with Crippen molar-refractivity contribution < 1.29 is 33.8 Å². The van der Waals surface area contributed by atoms with Crippen molar-refractivity contribution in [3.8, 4) is 0 Å². The van der Waals surface area contributed by atoms with E-state index in [2.05, 4.69) is 29.8 Å². The lowest BCUT2D eigenvalue weighted by atomic mass is 9.98. The zero-order chi connectivity index (χ0) is 37.2. The third-order valence-electron chi connectivity index (χ3n) is 7.13. The van der Waals surface area contributed by atoms with Crippen LogP contribution < -0.4 is 21.7 Å². The number of unbranched alkanes of at least 4 members (excludes halogenated alkanes) is 4. The molecular weight excluding hydrogens is 624 g/mol. The third kappa shape index (κ3) is 18.2. The lowest BCUT2D eigenvalue weighted by Gasteiger charge is -2.24. The quantitative estimate of drug-likeness (QED) is 0.0473. The van der Waals surface area contributed by atoms with Crippen molar-refractivity contribution in [1.29, 1.82) is 0 Å². The van der Waals surface area contributed by atoms with Crippen LogP contribution in [0.2, 0.25) is 0 Å². The van der Waals surface area contributed by atoms with Crippen LogP contribution in [0.5, 0.6) is 0 Å². The maximum Gasteiger partial charge on any atom is 0.328 e. The fourth-order valence-electron chi connectivity index (χ4n) is 4.65. The van der Waals surface area contributed by atoms with Gasteiger partial charge < -0.3 is 31.5 Å². The molecule has 0 saturated carbocycles. The lowest BCUT2D eigenvalue weighted by Crippen LogP contribution is -2.53. The van der Waals surface area contributed by atoms with E-state index in [0.717, 1.165) is 0 Å². The molecule has 2 aromatic carbocycles. The number of ketones is 1. The fourth-order valence-corrected chi connectivity index (χ4v) is 4.65. The van der Waals surface area contributed by atoms with E-state index >= 15 is 0 Å². The summed E-state index contributed by atoms with van der Waals surface area (Å²) in [5, 5.41) is 18.5. The summed E-state index contributed by atoms with van der Waals surface area (Å²) in [6.07, 6.45) is 6.28. The number of carbonyl (C=O) groups is 5. The number of anilines is 2. The largest absolute Gasteiger partial charge is 0.464 e. The van der Waals surface area contributed by atoms with Crippen LogP contribution in [-0.4, -0.2) is 53.3 Å². The summed E-state index contributed by atoms with van der Waals surface area (Å²) >= 11 is 0. The Balaban J connectivity index is 0.00000227. The van der Waals surface area contributed by atoms with Crippen molar-refractivity contribution in [3.63, 3.8) is 0 Å². The summed E-state index contributed by atoms with van der Waals surface area (Å²) < 4.78 is 5.23. The molecule has 3 amide bonds. The summed E-state index contributed by atoms with van der Waals surface area (Å²) in [5.74, 6) is -2.92. The number of nitrogens with one attached hydrogen (secondary N) is 3. The van der Waals surface area contributed by atoms with Gasteiger partial charge in [-0.2, -0.15) is 0 Å². The molecule has 0 bridgehead atoms. The van der Waals surface area contributed by atoms with Gasteiger partial charge in [-0.15, -0.1) is 0 Å². The number of carbonyl (C=O) groups excluding carboxylic acids is 5. The van der Waals surface area contributed by atoms with Crippen LogP contribution >= 0.6 is 0 Å². The van der Waals surface area contributed by atoms with Crippen LogP contribution in [-0.2, 0) is 23.9 Å². The average Bonchev–Trinajstić information content (AvgIpc) is 3.08. The second-order valence-electron chi connectivity index (χ2n) is 11.4. The molecule has 11 nitrogen and oxygen atoms in total. The second kappa shape index (κ2) is 26.7. The highest BCUT2D eigenvalue weighted by Gasteiger charge is 2.32. The van der Waals surface area contributed by atoms with Gasteiger partial charge in [0.2, 0.25) is 17.7 Å². The topological polar surface area (TPSA) is 177 Å². The van der Waals surface area contributed by atoms with E-state index in [4.69, 9.17) is 10.5 Å². The van der Waals surface area contributed by atoms with Crippen LogP contribution in [0, 0.1) is 0 Å². The Morgan fingerprint density at radius 3 is 1.98 bits per heavy atom. The molecular formula is C38H60N4O7. The summed E-state index contributed by atoms with van der Waals surface area (Å²) in [4.78, 5) is 63.5. The molecule has 0 radical (unpaired) electrons. The Bertz CT molecular complexity index is 1280. The first-order valence-electron chi connectivity index (χ1n) is 17.7. The molecule has 2 aromatic rings. The number of aliphatic hydroxyl groups excluding tert-OH is 1. The summed E-state index contributed by atoms with van der Waals surface area (Å²) in [6.45, 7) is 13.5. The zero-order valence-corrected chi connectivity index (χ0v) is 30.6. The Labute approximate surface area is 293 Å². The van der Waals surface area contributed by atoms with Gasteiger partial charge in [-0.1, -0.05) is 104 Å². The highest BCUT2D eigenvalue weighted by molar-refractivity contribution is 6.06. The number of hydrogen-bond acceptors (Lipinski definition) is 8. The van der Waals surface area contributed by atoms with Gasteiger partial charge in [0.1, 0.15) is 12.1 Å². The first-order valence-corrected chi connectivity index (χ1v) is 17.7. The normalized spacial score (nSPS) is 12.0. The highest BCUT2D eigenvalue weighted by Crippen LogP contribution is 2.24. The number of nitrogens with two attached hydrogens (primary N) is 1. The maximum absolute atomic E-state index is 13.4. The Hall–Kier alpha value is -4.25. The molecule has 0 saturated heterocycles. The number of rotatable bonds is 19. The first kappa shape index (κ1) is 44.8. The third-order valence-corrected chi connectivity index (χ3v) is 7.13. The fraction of sp³-hybridized carbons (Fsp3) is 0.553. The van der Waals surface area contributed by atoms with E-state index < -0.39 is 48.2 Å². The number of aliphatic hydroxyl groups is 1. The number of Topliss-reactive ketones (excluding diaryl/α,β-unsaturated/α-hetero) is 1. The number of amides is 3. The van der Waals surface area contributed by atoms with Crippen molar-refractivity contribution in [2.75, 3.05) is 17.7 Å². The molecule has 0 fully saturated rings. The monoisotopic (exact) mass is 684 g/mol. The van der Waals surface area contributed by atoms with Crippen molar-refractivity contribution >= 4 is 40.8 Å². The highest BCUT2D eigenvalue weighted by atomic mass is 16.5. The summed E-state index contributed by atoms with van der Waals surface area (Å²) in [6, 6.07) is 10.3. The minimum atomic E-state index is -1.34. The van der Waals surface area contributed by atoms with Crippen molar-refractivity contribution in [1.82, 2.24) is 10.6 Å². The number of nitrogen functional groups attached to an aromatic ring is 1. The SMILES string of the molecule is CC.CCCCCCC.CCCOC(=O)C(CC(O)c1ccccc1N)NC(=O)C(CC(=O)c1ccccc1NC(C)=O)NC(=O)CCC. The Morgan fingerprint density at radius 2 is 1.41 bits per heavy atom. The molecule has 0 aliphatic rings. The molecule has 49 heavy (non-hydrogen) atoms. The number of para-hydroxylation sites is 2. The van der Waals surface area contributed by atoms with Gasteiger partial charge >= 0.3 is 5.97 Å². The van der Waals surface area contributed by atoms with Gasteiger partial charge in [0.25, 0.3) is 0 Å². The Morgan fingerprint density at radius 1 is 0.796 bits per heavy atom. The van der Waals surface area contributed by atoms with Gasteiger partial charge in [-0.25, -0.2) is 4.79 Å². The van der Waals surface area contributed by atoms with Crippen LogP contribution in [0.15, 0.2) is 48.5 Å². The van der Waals surface area contributed by atoms with Crippen LogP contribution in [0.3, 0.4) is 0 Å². The molecule has 2 rings (SSSR count). The predicted octanol–water partition coefficient (Wildman–Crippen LogP) is 6.65. The molecule has 0 aliphatic carbocycles. The number of hydrogen-bond donors (Lipinski definition) is 5. The van der Waals surface area contributed by atoms with Gasteiger partial charge in [0.05, 0.1) is 18.4 Å². The summed E-state index contributed by atoms with van der Waals surface area (Å²) in [5.41, 5.74) is 7.08. The van der Waals surface area contributed by atoms with E-state index in [-0.39, 0.29) is 36.6 Å². The minimum Gasteiger partial charge on any atom is -0.464 e. The van der Waals surface area contributed by atoms with Crippen LogP contribution in [0.25, 0.3) is 0 Å². The molecule has 0 heterocycles. The van der Waals surface area contributed by atoms with Crippen molar-refractivity contribution in [2.24, 2.45) is 0 Å². The van der Waals surface area contributed by atoms with Gasteiger partial charge in [-0.05, 0) is 31.0 Å². The molecule has 0 aromatic heterocycles. The van der Waals surface area contributed by atoms with E-state index in [1.807, 2.05) is 20.8 Å². The number of ether oxygens (including phenoxy) is 1. The number of benzene rings is 2. The summed E-state index contributed by atoms with van der Waals surface area (Å²) in [7, 11) is 0. The Kier molecular flexibility index (Phi) is 24.4. The minimum absolute atomic E-state index is 0.101. The molecule has 3 unspecified atom stereocenters. The molecule has 274 valence electrons. The maximum atomic E-state index is 13.4. The van der Waals surface area contributed by atoms with E-state index in [9.17, 15) is 29.1 Å². The van der Waals surface area contributed by atoms with Crippen LogP contribution in [0.1, 0.15) is 135 Å². The van der Waals surface area contributed by atoms with Crippen molar-refractivity contribution in [2.45, 2.75) is 131 Å². The predicted molar refractivity (Wildman–Crippen MR) is 196 cm³/mol. The standard InChI is InChI=1S/C29H38N4O7.C7H16.C2H6/c1-4-10-27(37)32-23(16-26(36)20-12-7-9-14-22(20)31-18(3)34)28(38)33-24(29(39)40-15-5-2)17-25(35)19-11-6-8-13-21(19)30;1-3-5-7-6-4-2;1-2/h6-9,11-14,23-25,35H,4-5,10,15-17,30H2,1-3H3,(H,31,34)(H,32,37)(H,33,38);3-7H2,1-2H3;1-2H3. The second-order valence-corrected chi connectivity index (χ2v) is 11.4.